The van der Waals surface area contributed by atoms with Gasteiger partial charge in [0.2, 0.25) is 0 Å². The highest BCUT2D eigenvalue weighted by Crippen LogP contribution is 2.29. The molecule has 0 heterocycles. The molecule has 0 saturated carbocycles. The van der Waals surface area contributed by atoms with Crippen molar-refractivity contribution < 1.29 is 17.9 Å². The Morgan fingerprint density at radius 1 is 1.32 bits per heavy atom. The molecule has 6 heteroatoms. The van der Waals surface area contributed by atoms with Gasteiger partial charge in [-0.05, 0) is 42.5 Å². The van der Waals surface area contributed by atoms with Crippen molar-refractivity contribution in [2.75, 3.05) is 6.61 Å². The summed E-state index contributed by atoms with van der Waals surface area (Å²) in [6.45, 7) is -0.572. The lowest BCUT2D eigenvalue weighted by atomic mass is 10.1. The molecule has 0 aromatic heterocycles. The second-order valence-corrected chi connectivity index (χ2v) is 5.06. The fraction of sp³-hybridized carbons (Fsp3) is 0.462. The molecule has 1 aliphatic rings. The molecule has 1 aromatic carbocycles. The fourth-order valence-corrected chi connectivity index (χ4v) is 2.36. The van der Waals surface area contributed by atoms with Crippen molar-refractivity contribution in [1.82, 2.24) is 0 Å². The van der Waals surface area contributed by atoms with Crippen molar-refractivity contribution in [3.05, 3.63) is 29.3 Å². The van der Waals surface area contributed by atoms with E-state index in [4.69, 9.17) is 10.5 Å². The largest absolute Gasteiger partial charge is 0.492 e. The Kier molecular flexibility index (Phi) is 3.99. The minimum atomic E-state index is -4.47. The number of halogens is 3. The number of rotatable bonds is 4. The van der Waals surface area contributed by atoms with Crippen molar-refractivity contribution in [3.8, 4) is 5.75 Å². The number of aryl methyl sites for hydroxylation is 2. The summed E-state index contributed by atoms with van der Waals surface area (Å²) < 4.78 is 43.1. The Balaban J connectivity index is 2.03. The van der Waals surface area contributed by atoms with Crippen molar-refractivity contribution in [1.29, 1.82) is 0 Å². The third kappa shape index (κ3) is 3.37. The van der Waals surface area contributed by atoms with Gasteiger partial charge in [-0.3, -0.25) is 0 Å². The van der Waals surface area contributed by atoms with Gasteiger partial charge in [0.25, 0.3) is 0 Å². The summed E-state index contributed by atoms with van der Waals surface area (Å²) in [6, 6.07) is 5.40. The Morgan fingerprint density at radius 2 is 2.00 bits per heavy atom. The van der Waals surface area contributed by atoms with Gasteiger partial charge in [-0.2, -0.15) is 13.2 Å². The van der Waals surface area contributed by atoms with Gasteiger partial charge in [-0.25, -0.2) is 0 Å². The zero-order valence-electron chi connectivity index (χ0n) is 10.2. The molecule has 0 fully saturated rings. The van der Waals surface area contributed by atoms with E-state index in [2.05, 4.69) is 12.2 Å². The number of hydrogen-bond donors (Lipinski definition) is 1. The number of nitrogens with two attached hydrogens (primary N) is 1. The number of ether oxygens (including phenoxy) is 1. The van der Waals surface area contributed by atoms with Crippen molar-refractivity contribution in [2.45, 2.75) is 25.4 Å². The Hall–Kier alpha value is -1.30. The van der Waals surface area contributed by atoms with Crippen LogP contribution in [0.1, 0.15) is 17.5 Å². The van der Waals surface area contributed by atoms with Crippen LogP contribution in [-0.2, 0) is 12.8 Å². The highest BCUT2D eigenvalue weighted by atomic mass is 32.1. The van der Waals surface area contributed by atoms with Gasteiger partial charge in [0, 0.05) is 0 Å². The van der Waals surface area contributed by atoms with Crippen LogP contribution < -0.4 is 10.5 Å². The average Bonchev–Trinajstić information content (AvgIpc) is 2.73. The molecule has 2 N–H and O–H groups in total. The molecule has 1 atom stereocenters. The highest BCUT2D eigenvalue weighted by Gasteiger charge is 2.42. The minimum absolute atomic E-state index is 0.436. The summed E-state index contributed by atoms with van der Waals surface area (Å²) in [6.07, 6.45) is -1.42. The van der Waals surface area contributed by atoms with Crippen molar-refractivity contribution >= 4 is 17.2 Å². The second-order valence-electron chi connectivity index (χ2n) is 4.59. The number of fused-ring (bicyclic) bond motifs is 1. The molecule has 0 aliphatic heterocycles. The van der Waals surface area contributed by atoms with Crippen molar-refractivity contribution in [3.63, 3.8) is 0 Å². The maximum absolute atomic E-state index is 12.6. The molecular formula is C13H14F3NOS. The van der Waals surface area contributed by atoms with Gasteiger partial charge in [-0.15, -0.1) is 0 Å². The summed E-state index contributed by atoms with van der Waals surface area (Å²) >= 11 is 4.44. The third-order valence-corrected chi connectivity index (χ3v) is 3.51. The van der Waals surface area contributed by atoms with E-state index in [0.717, 1.165) is 24.8 Å². The van der Waals surface area contributed by atoms with Gasteiger partial charge in [0.1, 0.15) is 18.3 Å². The minimum Gasteiger partial charge on any atom is -0.492 e. The number of thiocarbonyl (C=S) groups is 1. The summed E-state index contributed by atoms with van der Waals surface area (Å²) in [7, 11) is 0. The van der Waals surface area contributed by atoms with Gasteiger partial charge >= 0.3 is 6.18 Å². The highest BCUT2D eigenvalue weighted by molar-refractivity contribution is 7.80. The maximum Gasteiger partial charge on any atom is 0.401 e. The first kappa shape index (κ1) is 14.1. The van der Waals surface area contributed by atoms with Crippen LogP contribution in [-0.4, -0.2) is 17.8 Å². The van der Waals surface area contributed by atoms with E-state index < -0.39 is 23.7 Å². The molecule has 0 bridgehead atoms. The lowest BCUT2D eigenvalue weighted by molar-refractivity contribution is -0.161. The first-order valence-electron chi connectivity index (χ1n) is 5.98. The zero-order chi connectivity index (χ0) is 14.0. The van der Waals surface area contributed by atoms with Gasteiger partial charge < -0.3 is 10.5 Å². The Bertz CT molecular complexity index is 487. The molecule has 1 aromatic rings. The first-order chi connectivity index (χ1) is 8.88. The monoisotopic (exact) mass is 289 g/mol. The van der Waals surface area contributed by atoms with Crippen LogP contribution in [0.4, 0.5) is 13.2 Å². The number of hydrogen-bond acceptors (Lipinski definition) is 2. The van der Waals surface area contributed by atoms with E-state index in [0.29, 0.717) is 5.75 Å². The van der Waals surface area contributed by atoms with Crippen LogP contribution in [0, 0.1) is 5.92 Å². The maximum atomic E-state index is 12.6. The predicted molar refractivity (Wildman–Crippen MR) is 70.3 cm³/mol. The topological polar surface area (TPSA) is 35.2 Å². The van der Waals surface area contributed by atoms with E-state index in [1.54, 1.807) is 12.1 Å². The van der Waals surface area contributed by atoms with Gasteiger partial charge in [0.15, 0.2) is 0 Å². The second kappa shape index (κ2) is 5.36. The first-order valence-corrected chi connectivity index (χ1v) is 6.39. The van der Waals surface area contributed by atoms with Crippen LogP contribution in [0.3, 0.4) is 0 Å². The molecule has 1 aliphatic carbocycles. The molecule has 1 unspecified atom stereocenters. The third-order valence-electron chi connectivity index (χ3n) is 3.23. The van der Waals surface area contributed by atoms with Crippen LogP contribution in [0.15, 0.2) is 18.2 Å². The molecule has 0 amide bonds. The Labute approximate surface area is 114 Å². The number of alkyl halides is 3. The lowest BCUT2D eigenvalue weighted by Gasteiger charge is -2.19. The molecule has 2 nitrogen and oxygen atoms in total. The smallest absolute Gasteiger partial charge is 0.401 e. The molecule has 19 heavy (non-hydrogen) atoms. The predicted octanol–water partition coefficient (Wildman–Crippen LogP) is 3.02. The van der Waals surface area contributed by atoms with E-state index >= 15 is 0 Å². The summed E-state index contributed by atoms with van der Waals surface area (Å²) in [5.74, 6) is -1.47. The summed E-state index contributed by atoms with van der Waals surface area (Å²) in [5, 5.41) is 0. The van der Waals surface area contributed by atoms with E-state index in [1.807, 2.05) is 6.07 Å². The Morgan fingerprint density at radius 3 is 2.63 bits per heavy atom. The molecule has 0 radical (unpaired) electrons. The molecule has 2 rings (SSSR count). The van der Waals surface area contributed by atoms with E-state index in [9.17, 15) is 13.2 Å². The standard InChI is InChI=1S/C13H14F3NOS/c14-13(15,16)11(12(17)19)7-18-10-5-4-8-2-1-3-9(8)6-10/h4-6,11H,1-3,7H2,(H2,17,19). The molecule has 0 spiro atoms. The van der Waals surface area contributed by atoms with Crippen LogP contribution in [0.5, 0.6) is 5.75 Å². The van der Waals surface area contributed by atoms with Crippen LogP contribution >= 0.6 is 12.2 Å². The average molecular weight is 289 g/mol. The lowest BCUT2D eigenvalue weighted by Crippen LogP contribution is -2.38. The SMILES string of the molecule is NC(=S)C(COc1ccc2c(c1)CCC2)C(F)(F)F. The van der Waals surface area contributed by atoms with Crippen molar-refractivity contribution in [2.24, 2.45) is 11.7 Å². The van der Waals surface area contributed by atoms with Gasteiger partial charge in [-0.1, -0.05) is 18.3 Å². The normalized spacial score (nSPS) is 15.9. The van der Waals surface area contributed by atoms with E-state index in [-0.39, 0.29) is 0 Å². The molecular weight excluding hydrogens is 275 g/mol. The quantitative estimate of drug-likeness (QED) is 0.865. The van der Waals surface area contributed by atoms with Crippen LogP contribution in [0.2, 0.25) is 0 Å². The van der Waals surface area contributed by atoms with Crippen LogP contribution in [0.25, 0.3) is 0 Å². The molecule has 104 valence electrons. The zero-order valence-corrected chi connectivity index (χ0v) is 11.0. The molecule has 0 saturated heterocycles. The summed E-state index contributed by atoms with van der Waals surface area (Å²) in [5.41, 5.74) is 7.50. The van der Waals surface area contributed by atoms with Gasteiger partial charge in [0.05, 0.1) is 4.99 Å². The van der Waals surface area contributed by atoms with E-state index in [1.165, 1.54) is 5.56 Å². The summed E-state index contributed by atoms with van der Waals surface area (Å²) in [4.78, 5) is -0.589. The number of benzene rings is 1. The fourth-order valence-electron chi connectivity index (χ4n) is 2.16.